The minimum Gasteiger partial charge on any atom is -0.373 e. The molecule has 0 amide bonds. The Hall–Kier alpha value is -1.32. The van der Waals surface area contributed by atoms with Gasteiger partial charge in [-0.25, -0.2) is 9.97 Å². The van der Waals surface area contributed by atoms with Crippen LogP contribution in [0.1, 0.15) is 57.4 Å². The second-order valence-corrected chi connectivity index (χ2v) is 5.78. The first-order valence-electron chi connectivity index (χ1n) is 8.02. The summed E-state index contributed by atoms with van der Waals surface area (Å²) in [6, 6.07) is 0.632. The largest absolute Gasteiger partial charge is 0.373 e. The highest BCUT2D eigenvalue weighted by atomic mass is 15.2. The quantitative estimate of drug-likeness (QED) is 0.834. The molecule has 1 aliphatic carbocycles. The van der Waals surface area contributed by atoms with E-state index in [1.165, 1.54) is 44.1 Å². The summed E-state index contributed by atoms with van der Waals surface area (Å²) in [5, 5.41) is 3.21. The van der Waals surface area contributed by atoms with Crippen molar-refractivity contribution in [3.05, 3.63) is 11.9 Å². The van der Waals surface area contributed by atoms with Gasteiger partial charge in [0.05, 0.1) is 0 Å². The molecule has 1 aromatic heterocycles. The van der Waals surface area contributed by atoms with Gasteiger partial charge in [0, 0.05) is 25.7 Å². The van der Waals surface area contributed by atoms with Crippen molar-refractivity contribution >= 4 is 11.6 Å². The van der Waals surface area contributed by atoms with Crippen LogP contribution < -0.4 is 10.2 Å². The Bertz CT molecular complexity index is 411. The van der Waals surface area contributed by atoms with E-state index in [2.05, 4.69) is 34.2 Å². The van der Waals surface area contributed by atoms with E-state index in [1.54, 1.807) is 6.33 Å². The van der Waals surface area contributed by atoms with Gasteiger partial charge in [0.25, 0.3) is 0 Å². The predicted octanol–water partition coefficient (Wildman–Crippen LogP) is 3.63. The van der Waals surface area contributed by atoms with Crippen LogP contribution in [0, 0.1) is 0 Å². The van der Waals surface area contributed by atoms with Crippen molar-refractivity contribution in [3.8, 4) is 0 Å². The maximum Gasteiger partial charge on any atom is 0.137 e. The number of nitrogens with zero attached hydrogens (tertiary/aromatic N) is 3. The SMILES string of the molecule is CCCc1c(NC)ncnc1N(C)C1CCCCCC1. The van der Waals surface area contributed by atoms with E-state index < -0.39 is 0 Å². The molecule has 0 saturated heterocycles. The van der Waals surface area contributed by atoms with Gasteiger partial charge in [-0.3, -0.25) is 0 Å². The average molecular weight is 276 g/mol. The highest BCUT2D eigenvalue weighted by Gasteiger charge is 2.21. The fourth-order valence-electron chi connectivity index (χ4n) is 3.22. The van der Waals surface area contributed by atoms with Crippen LogP contribution in [0.4, 0.5) is 11.6 Å². The molecule has 0 atom stereocenters. The molecule has 1 saturated carbocycles. The number of aromatic nitrogens is 2. The summed E-state index contributed by atoms with van der Waals surface area (Å²) < 4.78 is 0. The zero-order chi connectivity index (χ0) is 14.4. The van der Waals surface area contributed by atoms with Gasteiger partial charge in [0.15, 0.2) is 0 Å². The van der Waals surface area contributed by atoms with E-state index in [4.69, 9.17) is 0 Å². The topological polar surface area (TPSA) is 41.1 Å². The summed E-state index contributed by atoms with van der Waals surface area (Å²) in [6.45, 7) is 2.21. The Morgan fingerprint density at radius 3 is 2.50 bits per heavy atom. The van der Waals surface area contributed by atoms with Crippen LogP contribution in [0.25, 0.3) is 0 Å². The highest BCUT2D eigenvalue weighted by molar-refractivity contribution is 5.58. The first-order valence-corrected chi connectivity index (χ1v) is 8.02. The summed E-state index contributed by atoms with van der Waals surface area (Å²) in [5.41, 5.74) is 1.27. The molecule has 4 heteroatoms. The predicted molar refractivity (Wildman–Crippen MR) is 85.5 cm³/mol. The molecule has 4 nitrogen and oxygen atoms in total. The standard InChI is InChI=1S/C16H28N4/c1-4-9-14-15(17-2)18-12-19-16(14)20(3)13-10-7-5-6-8-11-13/h12-13H,4-11H2,1-3H3,(H,17,18,19). The lowest BCUT2D eigenvalue weighted by molar-refractivity contribution is 0.547. The molecule has 112 valence electrons. The van der Waals surface area contributed by atoms with E-state index in [9.17, 15) is 0 Å². The van der Waals surface area contributed by atoms with E-state index in [1.807, 2.05) is 7.05 Å². The van der Waals surface area contributed by atoms with E-state index in [0.717, 1.165) is 24.5 Å². The van der Waals surface area contributed by atoms with Crippen molar-refractivity contribution in [1.82, 2.24) is 9.97 Å². The molecule has 1 fully saturated rings. The fourth-order valence-corrected chi connectivity index (χ4v) is 3.22. The zero-order valence-electron chi connectivity index (χ0n) is 13.2. The molecule has 0 aromatic carbocycles. The molecule has 1 heterocycles. The molecule has 0 radical (unpaired) electrons. The van der Waals surface area contributed by atoms with Crippen LogP contribution in [-0.4, -0.2) is 30.1 Å². The first-order chi connectivity index (χ1) is 9.77. The maximum atomic E-state index is 4.59. The average Bonchev–Trinajstić information content (AvgIpc) is 2.76. The van der Waals surface area contributed by atoms with Gasteiger partial charge in [-0.05, 0) is 19.3 Å². The molecular formula is C16H28N4. The third-order valence-corrected chi connectivity index (χ3v) is 4.37. The fraction of sp³-hybridized carbons (Fsp3) is 0.750. The van der Waals surface area contributed by atoms with Crippen molar-refractivity contribution in [2.75, 3.05) is 24.3 Å². The summed E-state index contributed by atoms with van der Waals surface area (Å²) in [5.74, 6) is 2.11. The van der Waals surface area contributed by atoms with Crippen molar-refractivity contribution in [2.45, 2.75) is 64.3 Å². The summed E-state index contributed by atoms with van der Waals surface area (Å²) in [7, 11) is 4.15. The van der Waals surface area contributed by atoms with Crippen LogP contribution in [0.15, 0.2) is 6.33 Å². The van der Waals surface area contributed by atoms with Crippen LogP contribution >= 0.6 is 0 Å². The third kappa shape index (κ3) is 3.41. The smallest absolute Gasteiger partial charge is 0.137 e. The molecule has 20 heavy (non-hydrogen) atoms. The van der Waals surface area contributed by atoms with Crippen molar-refractivity contribution in [3.63, 3.8) is 0 Å². The second kappa shape index (κ2) is 7.46. The molecule has 0 unspecified atom stereocenters. The minimum atomic E-state index is 0.632. The van der Waals surface area contributed by atoms with Gasteiger partial charge >= 0.3 is 0 Å². The van der Waals surface area contributed by atoms with Gasteiger partial charge < -0.3 is 10.2 Å². The first kappa shape index (κ1) is 15.1. The van der Waals surface area contributed by atoms with E-state index >= 15 is 0 Å². The van der Waals surface area contributed by atoms with E-state index in [0.29, 0.717) is 6.04 Å². The Morgan fingerprint density at radius 1 is 1.20 bits per heavy atom. The summed E-state index contributed by atoms with van der Waals surface area (Å²) in [4.78, 5) is 11.4. The number of hydrogen-bond acceptors (Lipinski definition) is 4. The molecule has 0 aliphatic heterocycles. The van der Waals surface area contributed by atoms with Gasteiger partial charge in [-0.2, -0.15) is 0 Å². The Labute approximate surface area is 123 Å². The Balaban J connectivity index is 2.25. The van der Waals surface area contributed by atoms with Gasteiger partial charge in [0.1, 0.15) is 18.0 Å². The Kier molecular flexibility index (Phi) is 5.62. The molecule has 1 N–H and O–H groups in total. The van der Waals surface area contributed by atoms with Crippen molar-refractivity contribution < 1.29 is 0 Å². The molecular weight excluding hydrogens is 248 g/mol. The molecule has 0 bridgehead atoms. The third-order valence-electron chi connectivity index (χ3n) is 4.37. The van der Waals surface area contributed by atoms with Gasteiger partial charge in [0.2, 0.25) is 0 Å². The molecule has 2 rings (SSSR count). The maximum absolute atomic E-state index is 4.59. The normalized spacial score (nSPS) is 16.8. The van der Waals surface area contributed by atoms with Crippen molar-refractivity contribution in [2.24, 2.45) is 0 Å². The van der Waals surface area contributed by atoms with Crippen LogP contribution in [0.2, 0.25) is 0 Å². The number of nitrogens with one attached hydrogen (secondary N) is 1. The summed E-state index contributed by atoms with van der Waals surface area (Å²) >= 11 is 0. The molecule has 1 aromatic rings. The van der Waals surface area contributed by atoms with Crippen molar-refractivity contribution in [1.29, 1.82) is 0 Å². The zero-order valence-corrected chi connectivity index (χ0v) is 13.2. The monoisotopic (exact) mass is 276 g/mol. The molecule has 0 spiro atoms. The summed E-state index contributed by atoms with van der Waals surface area (Å²) in [6.07, 6.45) is 11.9. The number of hydrogen-bond donors (Lipinski definition) is 1. The lowest BCUT2D eigenvalue weighted by Gasteiger charge is -2.30. The second-order valence-electron chi connectivity index (χ2n) is 5.78. The van der Waals surface area contributed by atoms with E-state index in [-0.39, 0.29) is 0 Å². The molecule has 1 aliphatic rings. The lowest BCUT2D eigenvalue weighted by atomic mass is 10.1. The van der Waals surface area contributed by atoms with Gasteiger partial charge in [-0.1, -0.05) is 39.0 Å². The van der Waals surface area contributed by atoms with Crippen LogP contribution in [0.5, 0.6) is 0 Å². The van der Waals surface area contributed by atoms with Crippen LogP contribution in [-0.2, 0) is 6.42 Å². The minimum absolute atomic E-state index is 0.632. The Morgan fingerprint density at radius 2 is 1.90 bits per heavy atom. The van der Waals surface area contributed by atoms with Crippen LogP contribution in [0.3, 0.4) is 0 Å². The lowest BCUT2D eigenvalue weighted by Crippen LogP contribution is -2.33. The highest BCUT2D eigenvalue weighted by Crippen LogP contribution is 2.29. The van der Waals surface area contributed by atoms with Gasteiger partial charge in [-0.15, -0.1) is 0 Å². The number of anilines is 2. The number of rotatable bonds is 5.